The second kappa shape index (κ2) is 21.2. The van der Waals surface area contributed by atoms with E-state index < -0.39 is 15.9 Å². The first-order chi connectivity index (χ1) is 23.6. The molecule has 49 heavy (non-hydrogen) atoms. The highest BCUT2D eigenvalue weighted by molar-refractivity contribution is 7.94. The zero-order chi connectivity index (χ0) is 35.6. The minimum atomic E-state index is -4.39. The normalized spacial score (nSPS) is 14.4. The predicted molar refractivity (Wildman–Crippen MR) is 174 cm³/mol. The van der Waals surface area contributed by atoms with Gasteiger partial charge < -0.3 is 29.8 Å². The summed E-state index contributed by atoms with van der Waals surface area (Å²) in [6.45, 7) is 3.81. The van der Waals surface area contributed by atoms with Gasteiger partial charge in [0.25, 0.3) is 0 Å². The number of hydrogen-bond donors (Lipinski definition) is 0. The van der Waals surface area contributed by atoms with Gasteiger partial charge in [-0.15, -0.1) is 0 Å². The van der Waals surface area contributed by atoms with Gasteiger partial charge in [0.1, 0.15) is 13.1 Å². The Morgan fingerprint density at radius 3 is 2.00 bits per heavy atom. The molecular formula is C31H37N2O13S3-3. The van der Waals surface area contributed by atoms with E-state index in [-0.39, 0.29) is 54.7 Å². The number of carbonyl (C=O) groups excluding carboxylic acids is 2. The van der Waals surface area contributed by atoms with Crippen LogP contribution in [0.1, 0.15) is 44.6 Å². The van der Waals surface area contributed by atoms with Gasteiger partial charge in [0.15, 0.2) is 11.5 Å². The fourth-order valence-corrected chi connectivity index (χ4v) is 6.34. The van der Waals surface area contributed by atoms with Crippen LogP contribution in [0.15, 0.2) is 65.5 Å². The average molecular weight is 742 g/mol. The molecule has 1 aromatic carbocycles. The van der Waals surface area contributed by atoms with Crippen molar-refractivity contribution in [3.8, 4) is 0 Å². The van der Waals surface area contributed by atoms with E-state index in [0.717, 1.165) is 29.8 Å². The van der Waals surface area contributed by atoms with Crippen molar-refractivity contribution in [3.05, 3.63) is 71.0 Å². The summed E-state index contributed by atoms with van der Waals surface area (Å²) in [5.41, 5.74) is 2.56. The number of ether oxygens (including phenoxy) is 1. The molecule has 2 aliphatic carbocycles. The lowest BCUT2D eigenvalue weighted by Gasteiger charge is -2.32. The molecule has 270 valence electrons. The Morgan fingerprint density at radius 2 is 1.47 bits per heavy atom. The molecule has 0 aromatic heterocycles. The van der Waals surface area contributed by atoms with Crippen molar-refractivity contribution in [3.63, 3.8) is 0 Å². The number of hydrogen-bond acceptors (Lipinski definition) is 16. The summed E-state index contributed by atoms with van der Waals surface area (Å²) in [5.74, 6) is -0.647. The minimum Gasteiger partial charge on any atom is -0.871 e. The van der Waals surface area contributed by atoms with Gasteiger partial charge in [-0.1, -0.05) is 17.9 Å². The summed E-state index contributed by atoms with van der Waals surface area (Å²) in [7, 11) is -4.39. The average Bonchev–Trinajstić information content (AvgIpc) is 3.07. The SMILES string of the molecule is CCOC(=O)CCCN(CCCS(=O)(=O)[O-])c1ccc(C2=C([O-])C(=C3C=CC(=[N+](CCCSOO[O-])CCCSOO[O-])C=C3)C2=O)cc1. The van der Waals surface area contributed by atoms with E-state index in [2.05, 4.69) is 23.3 Å². The lowest BCUT2D eigenvalue weighted by Crippen LogP contribution is -2.30. The Labute approximate surface area is 293 Å². The zero-order valence-electron chi connectivity index (χ0n) is 26.7. The molecule has 0 unspecified atom stereocenters. The van der Waals surface area contributed by atoms with Gasteiger partial charge in [0, 0.05) is 103 Å². The van der Waals surface area contributed by atoms with E-state index in [1.807, 2.05) is 4.90 Å². The van der Waals surface area contributed by atoms with Crippen LogP contribution in [0.5, 0.6) is 0 Å². The molecule has 0 fully saturated rings. The number of ketones is 1. The number of nitrogens with zero attached hydrogens (tertiary/aromatic N) is 2. The monoisotopic (exact) mass is 741 g/mol. The lowest BCUT2D eigenvalue weighted by atomic mass is 9.80. The Balaban J connectivity index is 1.74. The lowest BCUT2D eigenvalue weighted by molar-refractivity contribution is -0.777. The molecular weight excluding hydrogens is 705 g/mol. The van der Waals surface area contributed by atoms with Gasteiger partial charge >= 0.3 is 5.97 Å². The van der Waals surface area contributed by atoms with Crippen LogP contribution in [0.2, 0.25) is 0 Å². The maximum atomic E-state index is 13.2. The van der Waals surface area contributed by atoms with Crippen LogP contribution in [-0.4, -0.2) is 85.1 Å². The van der Waals surface area contributed by atoms with Crippen molar-refractivity contribution in [2.75, 3.05) is 54.9 Å². The Kier molecular flexibility index (Phi) is 17.5. The summed E-state index contributed by atoms with van der Waals surface area (Å²) in [5, 5.41) is 39.9. The van der Waals surface area contributed by atoms with Crippen molar-refractivity contribution in [2.24, 2.45) is 0 Å². The van der Waals surface area contributed by atoms with Crippen molar-refractivity contribution in [1.29, 1.82) is 0 Å². The molecule has 18 heteroatoms. The molecule has 1 aromatic rings. The third kappa shape index (κ3) is 13.3. The van der Waals surface area contributed by atoms with E-state index in [1.165, 1.54) is 0 Å². The van der Waals surface area contributed by atoms with E-state index in [0.29, 0.717) is 67.2 Å². The van der Waals surface area contributed by atoms with Gasteiger partial charge in [-0.2, -0.15) is 8.67 Å². The molecule has 3 rings (SSSR count). The highest BCUT2D eigenvalue weighted by Gasteiger charge is 2.30. The van der Waals surface area contributed by atoms with Gasteiger partial charge in [-0.05, 0) is 55.2 Å². The molecule has 0 heterocycles. The fourth-order valence-electron chi connectivity index (χ4n) is 5.15. The van der Waals surface area contributed by atoms with Crippen LogP contribution in [0.25, 0.3) is 5.57 Å². The number of anilines is 1. The smallest absolute Gasteiger partial charge is 0.305 e. The number of esters is 1. The van der Waals surface area contributed by atoms with E-state index >= 15 is 0 Å². The third-order valence-corrected chi connectivity index (χ3v) is 9.35. The maximum absolute atomic E-state index is 13.2. The zero-order valence-corrected chi connectivity index (χ0v) is 29.2. The fraction of sp³-hybridized carbons (Fsp3) is 0.452. The largest absolute Gasteiger partial charge is 0.871 e. The van der Waals surface area contributed by atoms with Crippen LogP contribution < -0.4 is 20.5 Å². The highest BCUT2D eigenvalue weighted by atomic mass is 32.2. The van der Waals surface area contributed by atoms with Crippen molar-refractivity contribution in [2.45, 2.75) is 39.0 Å². The number of benzene rings is 1. The number of rotatable bonds is 23. The van der Waals surface area contributed by atoms with Crippen molar-refractivity contribution in [1.82, 2.24) is 0 Å². The molecule has 15 nitrogen and oxygen atoms in total. The van der Waals surface area contributed by atoms with Crippen molar-refractivity contribution >= 4 is 62.9 Å². The van der Waals surface area contributed by atoms with Gasteiger partial charge in [0.2, 0.25) is 0 Å². The molecule has 0 spiro atoms. The molecule has 0 aliphatic heterocycles. The molecule has 2 aliphatic rings. The van der Waals surface area contributed by atoms with Crippen LogP contribution in [0.4, 0.5) is 5.69 Å². The molecule has 0 saturated heterocycles. The molecule has 0 N–H and O–H groups in total. The second-order valence-corrected chi connectivity index (χ2v) is 13.7. The minimum absolute atomic E-state index is 0.0575. The Hall–Kier alpha value is -3.04. The number of Topliss-reactive ketones (excluding diaryl/α,β-unsaturated/α-hetero) is 1. The first-order valence-corrected chi connectivity index (χ1v) is 18.8. The quantitative estimate of drug-likeness (QED) is 0.0222. The van der Waals surface area contributed by atoms with E-state index in [4.69, 9.17) is 4.74 Å². The maximum Gasteiger partial charge on any atom is 0.305 e. The topological polar surface area (TPSA) is 213 Å². The van der Waals surface area contributed by atoms with Crippen LogP contribution >= 0.6 is 24.1 Å². The summed E-state index contributed by atoms with van der Waals surface area (Å²) in [6.07, 6.45) is 9.02. The van der Waals surface area contributed by atoms with E-state index in [9.17, 15) is 38.2 Å². The first-order valence-electron chi connectivity index (χ1n) is 15.4. The van der Waals surface area contributed by atoms with Gasteiger partial charge in [0.05, 0.1) is 16.7 Å². The predicted octanol–water partition coefficient (Wildman–Crippen LogP) is 0.825. The van der Waals surface area contributed by atoms with Crippen LogP contribution in [0.3, 0.4) is 0 Å². The summed E-state index contributed by atoms with van der Waals surface area (Å²) in [6, 6.07) is 6.69. The second-order valence-electron chi connectivity index (χ2n) is 10.6. The Bertz CT molecular complexity index is 1500. The molecule has 0 amide bonds. The molecule has 0 bridgehead atoms. The van der Waals surface area contributed by atoms with Gasteiger partial charge in [-0.25, -0.2) is 13.0 Å². The molecule has 0 radical (unpaired) electrons. The molecule has 0 saturated carbocycles. The summed E-state index contributed by atoms with van der Waals surface area (Å²) in [4.78, 5) is 26.8. The standard InChI is InChI=1S/C31H40N2O13S3/c1-2-42-27(34)7-3-16-32(19-6-22-49(39,40)41)25-12-8-23(9-13-25)28-30(35)29(31(28)36)24-10-14-26(15-11-24)33(17-4-20-47-45-43-37)18-5-21-48-46-44-38/h8-15H,2-7,16-22H2,1H3,(H3-,35,37,38,39,40,41)/p-3. The van der Waals surface area contributed by atoms with Crippen LogP contribution in [-0.2, 0) is 43.2 Å². The van der Waals surface area contributed by atoms with E-state index in [1.54, 1.807) is 55.5 Å². The highest BCUT2D eigenvalue weighted by Crippen LogP contribution is 2.38. The van der Waals surface area contributed by atoms with Gasteiger partial charge in [-0.3, -0.25) is 19.7 Å². The van der Waals surface area contributed by atoms with Crippen LogP contribution in [0, 0.1) is 0 Å². The first kappa shape index (κ1) is 40.4. The summed E-state index contributed by atoms with van der Waals surface area (Å²) < 4.78 is 49.0. The Morgan fingerprint density at radius 1 is 0.878 bits per heavy atom. The number of allylic oxidation sites excluding steroid dienone is 7. The summed E-state index contributed by atoms with van der Waals surface area (Å²) >= 11 is 1.77. The molecule has 0 atom stereocenters. The van der Waals surface area contributed by atoms with Crippen molar-refractivity contribution < 1.29 is 66.2 Å². The number of carbonyl (C=O) groups is 2. The third-order valence-electron chi connectivity index (χ3n) is 7.35.